The van der Waals surface area contributed by atoms with Crippen LogP contribution in [0.5, 0.6) is 0 Å². The minimum absolute atomic E-state index is 0.672. The van der Waals surface area contributed by atoms with Crippen LogP contribution in [0.25, 0.3) is 16.9 Å². The average Bonchev–Trinajstić information content (AvgIpc) is 2.70. The summed E-state index contributed by atoms with van der Waals surface area (Å²) in [4.78, 5) is 4.63. The topological polar surface area (TPSA) is 43.3 Å². The zero-order valence-electron chi connectivity index (χ0n) is 10.8. The molecule has 0 amide bonds. The van der Waals surface area contributed by atoms with E-state index in [1.807, 2.05) is 35.7 Å². The SMILES string of the molecule is Cc1ccn2c(N)c(-c3ccc(C)c(Br)c3)nc2c1. The molecule has 0 bridgehead atoms. The number of fused-ring (bicyclic) bond motifs is 1. The first kappa shape index (κ1) is 12.2. The van der Waals surface area contributed by atoms with Crippen molar-refractivity contribution in [1.29, 1.82) is 0 Å². The maximum Gasteiger partial charge on any atom is 0.139 e. The zero-order valence-corrected chi connectivity index (χ0v) is 12.4. The van der Waals surface area contributed by atoms with Gasteiger partial charge in [0.1, 0.15) is 17.2 Å². The monoisotopic (exact) mass is 315 g/mol. The summed E-state index contributed by atoms with van der Waals surface area (Å²) in [5, 5.41) is 0. The molecule has 0 radical (unpaired) electrons. The first-order valence-electron chi connectivity index (χ1n) is 6.07. The zero-order chi connectivity index (χ0) is 13.6. The Kier molecular flexibility index (Phi) is 2.82. The van der Waals surface area contributed by atoms with Crippen molar-refractivity contribution in [2.45, 2.75) is 13.8 Å². The lowest BCUT2D eigenvalue weighted by Gasteiger charge is -2.02. The highest BCUT2D eigenvalue weighted by Gasteiger charge is 2.12. The van der Waals surface area contributed by atoms with Crippen LogP contribution in [0.2, 0.25) is 0 Å². The van der Waals surface area contributed by atoms with Gasteiger partial charge in [-0.2, -0.15) is 0 Å². The van der Waals surface area contributed by atoms with E-state index in [-0.39, 0.29) is 0 Å². The van der Waals surface area contributed by atoms with Crippen molar-refractivity contribution in [2.75, 3.05) is 5.73 Å². The molecule has 0 saturated carbocycles. The lowest BCUT2D eigenvalue weighted by atomic mass is 10.1. The van der Waals surface area contributed by atoms with Crippen LogP contribution >= 0.6 is 15.9 Å². The largest absolute Gasteiger partial charge is 0.383 e. The molecule has 3 nitrogen and oxygen atoms in total. The molecule has 2 N–H and O–H groups in total. The number of anilines is 1. The van der Waals surface area contributed by atoms with E-state index in [0.717, 1.165) is 21.4 Å². The summed E-state index contributed by atoms with van der Waals surface area (Å²) >= 11 is 3.55. The first-order chi connectivity index (χ1) is 9.06. The van der Waals surface area contributed by atoms with E-state index >= 15 is 0 Å². The highest BCUT2D eigenvalue weighted by molar-refractivity contribution is 9.10. The number of aromatic nitrogens is 2. The summed E-state index contributed by atoms with van der Waals surface area (Å²) in [7, 11) is 0. The minimum Gasteiger partial charge on any atom is -0.383 e. The molecule has 0 aliphatic heterocycles. The second kappa shape index (κ2) is 4.38. The van der Waals surface area contributed by atoms with Gasteiger partial charge >= 0.3 is 0 Å². The Morgan fingerprint density at radius 2 is 1.95 bits per heavy atom. The number of nitrogen functional groups attached to an aromatic ring is 1. The van der Waals surface area contributed by atoms with Crippen LogP contribution in [-0.2, 0) is 0 Å². The number of imidazole rings is 1. The van der Waals surface area contributed by atoms with E-state index in [9.17, 15) is 0 Å². The number of aryl methyl sites for hydroxylation is 2. The molecule has 1 aromatic carbocycles. The predicted molar refractivity (Wildman–Crippen MR) is 82.2 cm³/mol. The third-order valence-corrected chi connectivity index (χ3v) is 4.12. The molecule has 0 aliphatic carbocycles. The number of halogens is 1. The van der Waals surface area contributed by atoms with E-state index in [2.05, 4.69) is 40.0 Å². The normalized spacial score (nSPS) is 11.1. The molecule has 3 aromatic rings. The summed E-state index contributed by atoms with van der Waals surface area (Å²) in [6.07, 6.45) is 1.96. The van der Waals surface area contributed by atoms with Crippen LogP contribution in [0.3, 0.4) is 0 Å². The molecular formula is C15H14BrN3. The summed E-state index contributed by atoms with van der Waals surface area (Å²) < 4.78 is 2.98. The Bertz CT molecular complexity index is 774. The van der Waals surface area contributed by atoms with Gasteiger partial charge in [0, 0.05) is 16.2 Å². The van der Waals surface area contributed by atoms with Gasteiger partial charge in [-0.3, -0.25) is 4.40 Å². The van der Waals surface area contributed by atoms with Crippen molar-refractivity contribution in [1.82, 2.24) is 9.38 Å². The summed E-state index contributed by atoms with van der Waals surface area (Å²) in [5.41, 5.74) is 11.3. The smallest absolute Gasteiger partial charge is 0.139 e. The highest BCUT2D eigenvalue weighted by Crippen LogP contribution is 2.29. The van der Waals surface area contributed by atoms with Gasteiger partial charge in [0.15, 0.2) is 0 Å². The van der Waals surface area contributed by atoms with Crippen molar-refractivity contribution >= 4 is 27.4 Å². The quantitative estimate of drug-likeness (QED) is 0.738. The van der Waals surface area contributed by atoms with Crippen molar-refractivity contribution in [2.24, 2.45) is 0 Å². The van der Waals surface area contributed by atoms with Gasteiger partial charge in [0.2, 0.25) is 0 Å². The second-order valence-corrected chi connectivity index (χ2v) is 5.60. The summed E-state index contributed by atoms with van der Waals surface area (Å²) in [5.74, 6) is 0.672. The average molecular weight is 316 g/mol. The molecule has 2 aromatic heterocycles. The molecule has 2 heterocycles. The van der Waals surface area contributed by atoms with E-state index < -0.39 is 0 Å². The van der Waals surface area contributed by atoms with E-state index in [1.54, 1.807) is 0 Å². The number of pyridine rings is 1. The second-order valence-electron chi connectivity index (χ2n) is 4.74. The van der Waals surface area contributed by atoms with Gasteiger partial charge in [0.25, 0.3) is 0 Å². The van der Waals surface area contributed by atoms with Gasteiger partial charge in [-0.1, -0.05) is 28.1 Å². The number of rotatable bonds is 1. The Balaban J connectivity index is 2.24. The third-order valence-electron chi connectivity index (χ3n) is 3.26. The first-order valence-corrected chi connectivity index (χ1v) is 6.86. The van der Waals surface area contributed by atoms with Crippen molar-refractivity contribution < 1.29 is 0 Å². The van der Waals surface area contributed by atoms with Crippen molar-refractivity contribution in [3.05, 3.63) is 52.1 Å². The van der Waals surface area contributed by atoms with Crippen LogP contribution in [0.1, 0.15) is 11.1 Å². The number of hydrogen-bond donors (Lipinski definition) is 1. The Labute approximate surface area is 120 Å². The number of benzene rings is 1. The van der Waals surface area contributed by atoms with Crippen LogP contribution < -0.4 is 5.73 Å². The van der Waals surface area contributed by atoms with E-state index in [4.69, 9.17) is 5.73 Å². The van der Waals surface area contributed by atoms with Gasteiger partial charge in [-0.15, -0.1) is 0 Å². The molecule has 96 valence electrons. The van der Waals surface area contributed by atoms with Gasteiger partial charge < -0.3 is 5.73 Å². The lowest BCUT2D eigenvalue weighted by Crippen LogP contribution is -1.94. The molecular weight excluding hydrogens is 302 g/mol. The molecule has 4 heteroatoms. The minimum atomic E-state index is 0.672. The molecule has 0 aliphatic rings. The molecule has 19 heavy (non-hydrogen) atoms. The van der Waals surface area contributed by atoms with Crippen LogP contribution in [-0.4, -0.2) is 9.38 Å². The van der Waals surface area contributed by atoms with Crippen molar-refractivity contribution in [3.63, 3.8) is 0 Å². The predicted octanol–water partition coefficient (Wildman–Crippen LogP) is 3.96. The van der Waals surface area contributed by atoms with Crippen LogP contribution in [0.15, 0.2) is 41.0 Å². The standard InChI is InChI=1S/C15H14BrN3/c1-9-5-6-19-13(7-9)18-14(15(19)17)11-4-3-10(2)12(16)8-11/h3-8H,17H2,1-2H3. The van der Waals surface area contributed by atoms with E-state index in [0.29, 0.717) is 5.82 Å². The molecule has 0 saturated heterocycles. The summed E-state index contributed by atoms with van der Waals surface area (Å²) in [6, 6.07) is 10.2. The van der Waals surface area contributed by atoms with Crippen LogP contribution in [0.4, 0.5) is 5.82 Å². The van der Waals surface area contributed by atoms with Crippen LogP contribution in [0, 0.1) is 13.8 Å². The highest BCUT2D eigenvalue weighted by atomic mass is 79.9. The molecule has 0 atom stereocenters. The fourth-order valence-corrected chi connectivity index (χ4v) is 2.50. The number of nitrogens with zero attached hydrogens (tertiary/aromatic N) is 2. The van der Waals surface area contributed by atoms with Gasteiger partial charge in [-0.05, 0) is 43.2 Å². The molecule has 0 spiro atoms. The van der Waals surface area contributed by atoms with Crippen molar-refractivity contribution in [3.8, 4) is 11.3 Å². The maximum absolute atomic E-state index is 6.19. The maximum atomic E-state index is 6.19. The fourth-order valence-electron chi connectivity index (χ4n) is 2.12. The fraction of sp³-hybridized carbons (Fsp3) is 0.133. The molecule has 3 rings (SSSR count). The summed E-state index contributed by atoms with van der Waals surface area (Å²) in [6.45, 7) is 4.11. The lowest BCUT2D eigenvalue weighted by molar-refractivity contribution is 1.18. The van der Waals surface area contributed by atoms with E-state index in [1.165, 1.54) is 11.1 Å². The van der Waals surface area contributed by atoms with Gasteiger partial charge in [0.05, 0.1) is 0 Å². The third kappa shape index (κ3) is 2.02. The number of hydrogen-bond acceptors (Lipinski definition) is 2. The molecule has 0 unspecified atom stereocenters. The Hall–Kier alpha value is -1.81. The number of nitrogens with two attached hydrogens (primary N) is 1. The Morgan fingerprint density at radius 3 is 2.68 bits per heavy atom. The van der Waals surface area contributed by atoms with Gasteiger partial charge in [-0.25, -0.2) is 4.98 Å². The molecule has 0 fully saturated rings. The Morgan fingerprint density at radius 1 is 1.16 bits per heavy atom.